The number of aryl methyl sites for hydroxylation is 1. The van der Waals surface area contributed by atoms with E-state index in [4.69, 9.17) is 0 Å². The summed E-state index contributed by atoms with van der Waals surface area (Å²) in [4.78, 5) is 28.1. The summed E-state index contributed by atoms with van der Waals surface area (Å²) in [5.74, 6) is -0.528. The van der Waals surface area contributed by atoms with Gasteiger partial charge in [0.1, 0.15) is 0 Å². The third-order valence-corrected chi connectivity index (χ3v) is 8.35. The van der Waals surface area contributed by atoms with Crippen LogP contribution in [0.2, 0.25) is 0 Å². The van der Waals surface area contributed by atoms with E-state index in [-0.39, 0.29) is 16.4 Å². The molecular formula is C25H31N3O4S. The van der Waals surface area contributed by atoms with Crippen LogP contribution < -0.4 is 5.32 Å². The molecule has 0 spiro atoms. The van der Waals surface area contributed by atoms with Crippen molar-refractivity contribution in [1.82, 2.24) is 9.21 Å². The zero-order chi connectivity index (χ0) is 23.4. The highest BCUT2D eigenvalue weighted by Gasteiger charge is 2.27. The van der Waals surface area contributed by atoms with Crippen molar-refractivity contribution >= 4 is 27.5 Å². The molecule has 2 saturated heterocycles. The first-order valence-electron chi connectivity index (χ1n) is 11.7. The van der Waals surface area contributed by atoms with Crippen molar-refractivity contribution in [1.29, 1.82) is 0 Å². The number of carbonyl (C=O) groups is 2. The second kappa shape index (κ2) is 10.1. The van der Waals surface area contributed by atoms with Crippen molar-refractivity contribution in [3.05, 3.63) is 59.2 Å². The molecule has 8 heteroatoms. The second-order valence-electron chi connectivity index (χ2n) is 8.79. The normalized spacial score (nSPS) is 17.5. The molecule has 2 fully saturated rings. The Balaban J connectivity index is 1.59. The lowest BCUT2D eigenvalue weighted by Gasteiger charge is -2.21. The molecule has 1 N–H and O–H groups in total. The maximum absolute atomic E-state index is 13.2. The molecule has 176 valence electrons. The Morgan fingerprint density at radius 1 is 0.818 bits per heavy atom. The lowest BCUT2D eigenvalue weighted by molar-refractivity contribution is 0.0794. The number of nitrogens with one attached hydrogen (secondary N) is 1. The van der Waals surface area contributed by atoms with Crippen LogP contribution in [-0.4, -0.2) is 55.6 Å². The minimum Gasteiger partial charge on any atom is -0.339 e. The van der Waals surface area contributed by atoms with E-state index in [1.54, 1.807) is 48.2 Å². The molecule has 0 atom stereocenters. The number of carbonyl (C=O) groups excluding carboxylic acids is 2. The fraction of sp³-hybridized carbons (Fsp3) is 0.440. The highest BCUT2D eigenvalue weighted by molar-refractivity contribution is 7.89. The predicted octanol–water partition coefficient (Wildman–Crippen LogP) is 4.05. The summed E-state index contributed by atoms with van der Waals surface area (Å²) in [6, 6.07) is 11.6. The highest BCUT2D eigenvalue weighted by Crippen LogP contribution is 2.25. The molecule has 0 saturated carbocycles. The van der Waals surface area contributed by atoms with E-state index in [1.807, 2.05) is 0 Å². The topological polar surface area (TPSA) is 86.8 Å². The van der Waals surface area contributed by atoms with E-state index in [2.05, 4.69) is 5.32 Å². The monoisotopic (exact) mass is 469 g/mol. The van der Waals surface area contributed by atoms with Gasteiger partial charge in [-0.3, -0.25) is 9.59 Å². The number of anilines is 1. The van der Waals surface area contributed by atoms with E-state index in [0.717, 1.165) is 51.6 Å². The Bertz CT molecular complexity index is 1130. The molecule has 0 bridgehead atoms. The van der Waals surface area contributed by atoms with Crippen LogP contribution in [0.15, 0.2) is 47.4 Å². The second-order valence-corrected chi connectivity index (χ2v) is 10.7. The number of amides is 2. The summed E-state index contributed by atoms with van der Waals surface area (Å²) >= 11 is 0. The third-order valence-electron chi connectivity index (χ3n) is 6.46. The van der Waals surface area contributed by atoms with Gasteiger partial charge in [-0.15, -0.1) is 0 Å². The fourth-order valence-electron chi connectivity index (χ4n) is 4.50. The molecule has 2 aliphatic heterocycles. The molecule has 2 aliphatic rings. The molecule has 2 aromatic carbocycles. The van der Waals surface area contributed by atoms with Gasteiger partial charge >= 0.3 is 0 Å². The Kier molecular flexibility index (Phi) is 7.14. The zero-order valence-electron chi connectivity index (χ0n) is 19.0. The van der Waals surface area contributed by atoms with Crippen LogP contribution in [0.3, 0.4) is 0 Å². The number of nitrogens with zero attached hydrogens (tertiary/aromatic N) is 2. The van der Waals surface area contributed by atoms with Gasteiger partial charge in [0.15, 0.2) is 0 Å². The summed E-state index contributed by atoms with van der Waals surface area (Å²) in [5.41, 5.74) is 1.83. The van der Waals surface area contributed by atoms with Crippen molar-refractivity contribution in [2.45, 2.75) is 50.3 Å². The van der Waals surface area contributed by atoms with Crippen LogP contribution in [0.1, 0.15) is 64.8 Å². The fourth-order valence-corrected chi connectivity index (χ4v) is 6.04. The van der Waals surface area contributed by atoms with E-state index in [1.165, 1.54) is 10.4 Å². The highest BCUT2D eigenvalue weighted by atomic mass is 32.2. The molecule has 4 rings (SSSR count). The first-order valence-corrected chi connectivity index (χ1v) is 13.1. The Hall–Kier alpha value is -2.71. The van der Waals surface area contributed by atoms with Gasteiger partial charge in [0.25, 0.3) is 11.8 Å². The van der Waals surface area contributed by atoms with Crippen LogP contribution in [0.4, 0.5) is 5.69 Å². The van der Waals surface area contributed by atoms with E-state index >= 15 is 0 Å². The van der Waals surface area contributed by atoms with Gasteiger partial charge in [0.2, 0.25) is 10.0 Å². The Labute approximate surface area is 195 Å². The van der Waals surface area contributed by atoms with Crippen molar-refractivity contribution in [3.8, 4) is 0 Å². The summed E-state index contributed by atoms with van der Waals surface area (Å²) in [6.07, 6.45) is 5.72. The van der Waals surface area contributed by atoms with E-state index in [9.17, 15) is 18.0 Å². The molecule has 2 amide bonds. The van der Waals surface area contributed by atoms with E-state index in [0.29, 0.717) is 29.9 Å². The summed E-state index contributed by atoms with van der Waals surface area (Å²) in [5, 5.41) is 2.85. The average molecular weight is 470 g/mol. The molecule has 0 radical (unpaired) electrons. The number of benzene rings is 2. The van der Waals surface area contributed by atoms with Gasteiger partial charge in [-0.2, -0.15) is 4.31 Å². The van der Waals surface area contributed by atoms with Crippen LogP contribution in [0.5, 0.6) is 0 Å². The zero-order valence-corrected chi connectivity index (χ0v) is 19.9. The maximum Gasteiger partial charge on any atom is 0.255 e. The number of hydrogen-bond donors (Lipinski definition) is 1. The summed E-state index contributed by atoms with van der Waals surface area (Å²) in [6.45, 7) is 4.22. The maximum atomic E-state index is 13.2. The van der Waals surface area contributed by atoms with Crippen molar-refractivity contribution in [2.24, 2.45) is 0 Å². The molecule has 0 aromatic heterocycles. The van der Waals surface area contributed by atoms with Gasteiger partial charge in [-0.25, -0.2) is 8.42 Å². The van der Waals surface area contributed by atoms with Crippen LogP contribution in [0.25, 0.3) is 0 Å². The Morgan fingerprint density at radius 3 is 2.15 bits per heavy atom. The minimum absolute atomic E-state index is 0.0994. The number of sulfonamides is 1. The molecule has 0 aliphatic carbocycles. The van der Waals surface area contributed by atoms with Gasteiger partial charge in [-0.1, -0.05) is 31.0 Å². The molecular weight excluding hydrogens is 438 g/mol. The molecule has 7 nitrogen and oxygen atoms in total. The number of likely N-dealkylation sites (tertiary alicyclic amines) is 1. The Morgan fingerprint density at radius 2 is 1.45 bits per heavy atom. The molecule has 2 heterocycles. The largest absolute Gasteiger partial charge is 0.339 e. The average Bonchev–Trinajstić information content (AvgIpc) is 3.20. The SMILES string of the molecule is Cc1ccc(S(=O)(=O)N2CCCCCC2)cc1C(=O)Nc1ccccc1C(=O)N1CCCC1. The van der Waals surface area contributed by atoms with Crippen molar-refractivity contribution in [2.75, 3.05) is 31.5 Å². The van der Waals surface area contributed by atoms with Gasteiger partial charge in [-0.05, 0) is 62.4 Å². The molecule has 2 aromatic rings. The lowest BCUT2D eigenvalue weighted by atomic mass is 10.1. The lowest BCUT2D eigenvalue weighted by Crippen LogP contribution is -2.32. The predicted molar refractivity (Wildman–Crippen MR) is 128 cm³/mol. The number of para-hydroxylation sites is 1. The van der Waals surface area contributed by atoms with Crippen LogP contribution in [0, 0.1) is 6.92 Å². The van der Waals surface area contributed by atoms with Crippen LogP contribution in [-0.2, 0) is 10.0 Å². The standard InChI is InChI=1S/C25H31N3O4S/c1-19-12-13-20(33(31,32)28-16-6-2-3-7-17-28)18-22(19)24(29)26-23-11-5-4-10-21(23)25(30)27-14-8-9-15-27/h4-5,10-13,18H,2-3,6-9,14-17H2,1H3,(H,26,29). The minimum atomic E-state index is -3.67. The molecule has 0 unspecified atom stereocenters. The third kappa shape index (κ3) is 5.12. The number of hydrogen-bond acceptors (Lipinski definition) is 4. The summed E-state index contributed by atoms with van der Waals surface area (Å²) < 4.78 is 28.0. The van der Waals surface area contributed by atoms with Crippen LogP contribution >= 0.6 is 0 Å². The quantitative estimate of drug-likeness (QED) is 0.716. The molecule has 33 heavy (non-hydrogen) atoms. The van der Waals surface area contributed by atoms with E-state index < -0.39 is 15.9 Å². The van der Waals surface area contributed by atoms with Gasteiger partial charge < -0.3 is 10.2 Å². The first kappa shape index (κ1) is 23.4. The van der Waals surface area contributed by atoms with Gasteiger partial charge in [0.05, 0.1) is 16.1 Å². The smallest absolute Gasteiger partial charge is 0.255 e. The first-order chi connectivity index (χ1) is 15.9. The van der Waals surface area contributed by atoms with Crippen molar-refractivity contribution < 1.29 is 18.0 Å². The summed E-state index contributed by atoms with van der Waals surface area (Å²) in [7, 11) is -3.67. The van der Waals surface area contributed by atoms with Gasteiger partial charge in [0, 0.05) is 31.7 Å². The number of rotatable bonds is 5. The van der Waals surface area contributed by atoms with Crippen molar-refractivity contribution in [3.63, 3.8) is 0 Å².